The molecule has 1 aliphatic rings. The fraction of sp³-hybridized carbons (Fsp3) is 0.227. The molecule has 0 spiro atoms. The van der Waals surface area contributed by atoms with Gasteiger partial charge in [0.15, 0.2) is 0 Å². The van der Waals surface area contributed by atoms with E-state index < -0.39 is 6.04 Å². The molecule has 4 rings (SSSR count). The summed E-state index contributed by atoms with van der Waals surface area (Å²) in [5.41, 5.74) is 2.37. The first-order valence-corrected chi connectivity index (χ1v) is 10.3. The lowest BCUT2D eigenvalue weighted by atomic mass is 10.00. The van der Waals surface area contributed by atoms with Gasteiger partial charge in [0.05, 0.1) is 0 Å². The van der Waals surface area contributed by atoms with Crippen molar-refractivity contribution in [1.82, 2.24) is 9.88 Å². The van der Waals surface area contributed by atoms with Crippen LogP contribution in [-0.2, 0) is 4.79 Å². The Bertz CT molecular complexity index is 940. The third-order valence-electron chi connectivity index (χ3n) is 4.92. The number of carbonyl (C=O) groups excluding carboxylic acids is 2. The molecule has 142 valence electrons. The van der Waals surface area contributed by atoms with Crippen molar-refractivity contribution in [2.24, 2.45) is 0 Å². The third-order valence-corrected chi connectivity index (χ3v) is 5.74. The van der Waals surface area contributed by atoms with Gasteiger partial charge in [-0.2, -0.15) is 0 Å². The molecule has 0 saturated carbocycles. The van der Waals surface area contributed by atoms with Gasteiger partial charge in [-0.25, -0.2) is 4.98 Å². The van der Waals surface area contributed by atoms with Gasteiger partial charge in [-0.05, 0) is 55.7 Å². The van der Waals surface area contributed by atoms with Crippen molar-refractivity contribution in [3.8, 4) is 10.6 Å². The SMILES string of the molecule is O=C(Nc1ccc(-c2nccs2)cc1)C1CCCCN1C(=O)c1ccccc1. The molecule has 2 aromatic carbocycles. The largest absolute Gasteiger partial charge is 0.327 e. The lowest BCUT2D eigenvalue weighted by Gasteiger charge is -2.34. The summed E-state index contributed by atoms with van der Waals surface area (Å²) in [7, 11) is 0. The molecule has 1 fully saturated rings. The van der Waals surface area contributed by atoms with Crippen LogP contribution in [0.3, 0.4) is 0 Å². The van der Waals surface area contributed by atoms with Crippen LogP contribution in [0.4, 0.5) is 5.69 Å². The van der Waals surface area contributed by atoms with Crippen molar-refractivity contribution in [3.63, 3.8) is 0 Å². The first kappa shape index (κ1) is 18.4. The molecule has 2 amide bonds. The van der Waals surface area contributed by atoms with Crippen LogP contribution in [0, 0.1) is 0 Å². The van der Waals surface area contributed by atoms with E-state index in [4.69, 9.17) is 0 Å². The number of carbonyl (C=O) groups is 2. The fourth-order valence-corrected chi connectivity index (χ4v) is 4.13. The first-order valence-electron chi connectivity index (χ1n) is 9.39. The second kappa shape index (κ2) is 8.35. The van der Waals surface area contributed by atoms with E-state index in [2.05, 4.69) is 10.3 Å². The van der Waals surface area contributed by atoms with Crippen molar-refractivity contribution in [2.45, 2.75) is 25.3 Å². The Balaban J connectivity index is 1.47. The van der Waals surface area contributed by atoms with Gasteiger partial charge in [-0.3, -0.25) is 9.59 Å². The zero-order valence-electron chi connectivity index (χ0n) is 15.4. The van der Waals surface area contributed by atoms with Gasteiger partial charge in [0.1, 0.15) is 11.0 Å². The number of nitrogens with zero attached hydrogens (tertiary/aromatic N) is 2. The number of hydrogen-bond donors (Lipinski definition) is 1. The zero-order valence-corrected chi connectivity index (χ0v) is 16.2. The predicted octanol–water partition coefficient (Wildman–Crippen LogP) is 4.44. The van der Waals surface area contributed by atoms with Crippen LogP contribution in [0.5, 0.6) is 0 Å². The van der Waals surface area contributed by atoms with Gasteiger partial charge in [0.25, 0.3) is 5.91 Å². The van der Waals surface area contributed by atoms with Crippen molar-refractivity contribution in [2.75, 3.05) is 11.9 Å². The second-order valence-electron chi connectivity index (χ2n) is 6.78. The van der Waals surface area contributed by atoms with E-state index in [0.717, 1.165) is 29.1 Å². The summed E-state index contributed by atoms with van der Waals surface area (Å²) in [4.78, 5) is 31.8. The summed E-state index contributed by atoms with van der Waals surface area (Å²) in [5.74, 6) is -0.217. The highest BCUT2D eigenvalue weighted by atomic mass is 32.1. The van der Waals surface area contributed by atoms with Crippen molar-refractivity contribution in [1.29, 1.82) is 0 Å². The third kappa shape index (κ3) is 3.97. The number of likely N-dealkylation sites (tertiary alicyclic amines) is 1. The summed E-state index contributed by atoms with van der Waals surface area (Å²) in [6, 6.07) is 16.4. The maximum absolute atomic E-state index is 12.9. The topological polar surface area (TPSA) is 62.3 Å². The molecular formula is C22H21N3O2S. The Kier molecular flexibility index (Phi) is 5.48. The van der Waals surface area contributed by atoms with E-state index in [0.29, 0.717) is 18.5 Å². The molecule has 1 N–H and O–H groups in total. The average Bonchev–Trinajstić information content (AvgIpc) is 3.29. The van der Waals surface area contributed by atoms with E-state index in [-0.39, 0.29) is 11.8 Å². The molecule has 3 aromatic rings. The Morgan fingerprint density at radius 2 is 1.82 bits per heavy atom. The van der Waals surface area contributed by atoms with E-state index in [1.165, 1.54) is 0 Å². The van der Waals surface area contributed by atoms with Crippen LogP contribution >= 0.6 is 11.3 Å². The fourth-order valence-electron chi connectivity index (χ4n) is 3.48. The van der Waals surface area contributed by atoms with E-state index in [1.807, 2.05) is 47.8 Å². The quantitative estimate of drug-likeness (QED) is 0.715. The van der Waals surface area contributed by atoms with Gasteiger partial charge in [0.2, 0.25) is 5.91 Å². The minimum atomic E-state index is -0.444. The van der Waals surface area contributed by atoms with Crippen LogP contribution in [-0.4, -0.2) is 34.3 Å². The van der Waals surface area contributed by atoms with Crippen LogP contribution < -0.4 is 5.32 Å². The lowest BCUT2D eigenvalue weighted by molar-refractivity contribution is -0.121. The summed E-state index contributed by atoms with van der Waals surface area (Å²) in [6.45, 7) is 0.606. The van der Waals surface area contributed by atoms with Gasteiger partial charge >= 0.3 is 0 Å². The highest BCUT2D eigenvalue weighted by molar-refractivity contribution is 7.13. The van der Waals surface area contributed by atoms with Crippen molar-refractivity contribution >= 4 is 28.8 Å². The smallest absolute Gasteiger partial charge is 0.254 e. The maximum atomic E-state index is 12.9. The first-order chi connectivity index (χ1) is 13.7. The molecule has 6 heteroatoms. The van der Waals surface area contributed by atoms with Gasteiger partial charge < -0.3 is 10.2 Å². The van der Waals surface area contributed by atoms with Crippen LogP contribution in [0.1, 0.15) is 29.6 Å². The van der Waals surface area contributed by atoms with E-state index >= 15 is 0 Å². The summed E-state index contributed by atoms with van der Waals surface area (Å²) < 4.78 is 0. The highest BCUT2D eigenvalue weighted by Crippen LogP contribution is 2.25. The zero-order chi connectivity index (χ0) is 19.3. The molecule has 28 heavy (non-hydrogen) atoms. The Morgan fingerprint density at radius 3 is 2.54 bits per heavy atom. The highest BCUT2D eigenvalue weighted by Gasteiger charge is 2.32. The molecule has 5 nitrogen and oxygen atoms in total. The van der Waals surface area contributed by atoms with Crippen LogP contribution in [0.15, 0.2) is 66.2 Å². The number of thiazole rings is 1. The van der Waals surface area contributed by atoms with E-state index in [1.54, 1.807) is 34.6 Å². The number of benzene rings is 2. The van der Waals surface area contributed by atoms with Gasteiger partial charge in [-0.1, -0.05) is 18.2 Å². The second-order valence-corrected chi connectivity index (χ2v) is 7.67. The minimum absolute atomic E-state index is 0.0837. The summed E-state index contributed by atoms with van der Waals surface area (Å²) in [6.07, 6.45) is 4.32. The number of piperidine rings is 1. The Morgan fingerprint density at radius 1 is 1.04 bits per heavy atom. The van der Waals surface area contributed by atoms with E-state index in [9.17, 15) is 9.59 Å². The van der Waals surface area contributed by atoms with Gasteiger partial charge in [-0.15, -0.1) is 11.3 Å². The monoisotopic (exact) mass is 391 g/mol. The summed E-state index contributed by atoms with van der Waals surface area (Å²) in [5, 5.41) is 5.86. The number of nitrogens with one attached hydrogen (secondary N) is 1. The number of rotatable bonds is 4. The normalized spacial score (nSPS) is 16.6. The minimum Gasteiger partial charge on any atom is -0.327 e. The number of aromatic nitrogens is 1. The molecule has 1 aliphatic heterocycles. The van der Waals surface area contributed by atoms with Crippen LogP contribution in [0.25, 0.3) is 10.6 Å². The molecule has 0 aliphatic carbocycles. The lowest BCUT2D eigenvalue weighted by Crippen LogP contribution is -2.50. The number of hydrogen-bond acceptors (Lipinski definition) is 4. The molecular weight excluding hydrogens is 370 g/mol. The maximum Gasteiger partial charge on any atom is 0.254 e. The standard InChI is InChI=1S/C22H21N3O2S/c26-20(24-18-11-9-16(10-12-18)21-23-13-15-28-21)19-8-4-5-14-25(19)22(27)17-6-2-1-3-7-17/h1-3,6-7,9-13,15,19H,4-5,8,14H2,(H,24,26). The average molecular weight is 391 g/mol. The molecule has 0 bridgehead atoms. The predicted molar refractivity (Wildman–Crippen MR) is 111 cm³/mol. The summed E-state index contributed by atoms with van der Waals surface area (Å²) >= 11 is 1.58. The van der Waals surface area contributed by atoms with Gasteiger partial charge in [0, 0.05) is 34.9 Å². The molecule has 2 heterocycles. The van der Waals surface area contributed by atoms with Crippen LogP contribution in [0.2, 0.25) is 0 Å². The van der Waals surface area contributed by atoms with Crippen molar-refractivity contribution in [3.05, 3.63) is 71.7 Å². The number of anilines is 1. The number of amides is 2. The van der Waals surface area contributed by atoms with Crippen molar-refractivity contribution < 1.29 is 9.59 Å². The Hall–Kier alpha value is -2.99. The molecule has 0 radical (unpaired) electrons. The Labute approximate surface area is 168 Å². The molecule has 1 aromatic heterocycles. The molecule has 1 unspecified atom stereocenters. The molecule has 1 saturated heterocycles. The molecule has 1 atom stereocenters.